The Morgan fingerprint density at radius 1 is 1.08 bits per heavy atom. The molecule has 26 heavy (non-hydrogen) atoms. The summed E-state index contributed by atoms with van der Waals surface area (Å²) in [6.07, 6.45) is 1.41. The van der Waals surface area contributed by atoms with Crippen molar-refractivity contribution in [2.75, 3.05) is 10.0 Å². The van der Waals surface area contributed by atoms with Crippen molar-refractivity contribution in [3.63, 3.8) is 0 Å². The number of nitrogens with one attached hydrogen (secondary N) is 2. The topological polar surface area (TPSA) is 71.1 Å². The molecule has 0 aliphatic rings. The minimum atomic E-state index is -3.78. The van der Waals surface area contributed by atoms with E-state index in [0.717, 1.165) is 0 Å². The Kier molecular flexibility index (Phi) is 5.11. The second kappa shape index (κ2) is 7.31. The molecule has 0 aliphatic carbocycles. The maximum atomic E-state index is 13.6. The zero-order valence-corrected chi connectivity index (χ0v) is 15.3. The normalized spacial score (nSPS) is 11.2. The molecule has 2 aromatic carbocycles. The summed E-state index contributed by atoms with van der Waals surface area (Å²) in [7, 11) is -3.78. The highest BCUT2D eigenvalue weighted by Crippen LogP contribution is 2.23. The van der Waals surface area contributed by atoms with Gasteiger partial charge in [-0.2, -0.15) is 0 Å². The summed E-state index contributed by atoms with van der Waals surface area (Å²) in [5.74, 6) is -0.243. The van der Waals surface area contributed by atoms with E-state index < -0.39 is 15.8 Å². The van der Waals surface area contributed by atoms with Gasteiger partial charge >= 0.3 is 0 Å². The molecule has 0 unspecified atom stereocenters. The van der Waals surface area contributed by atoms with Gasteiger partial charge in [0.05, 0.1) is 22.5 Å². The molecule has 1 heterocycles. The van der Waals surface area contributed by atoms with Crippen LogP contribution in [0.4, 0.5) is 21.6 Å². The summed E-state index contributed by atoms with van der Waals surface area (Å²) in [6.45, 7) is 1.72. The molecule has 0 saturated heterocycles. The fraction of sp³-hybridized carbons (Fsp3) is 0.0556. The lowest BCUT2D eigenvalue weighted by Crippen LogP contribution is -2.14. The predicted octanol–water partition coefficient (Wildman–Crippen LogP) is 4.73. The first-order valence-corrected chi connectivity index (χ1v) is 9.48. The van der Waals surface area contributed by atoms with Crippen LogP contribution in [0, 0.1) is 12.7 Å². The molecule has 3 aromatic rings. The first-order chi connectivity index (χ1) is 12.3. The monoisotopic (exact) mass is 391 g/mol. The van der Waals surface area contributed by atoms with E-state index in [9.17, 15) is 12.8 Å². The van der Waals surface area contributed by atoms with Gasteiger partial charge in [-0.15, -0.1) is 0 Å². The standard InChI is InChI=1S/C18H15ClFN3O2S/c1-12-10-14(7-8-15(12)19)26(24,25)23-18-9-6-13(11-21-18)22-17-5-3-2-4-16(17)20/h2-11,22H,1H3,(H,21,23). The number of rotatable bonds is 5. The van der Waals surface area contributed by atoms with Crippen LogP contribution < -0.4 is 10.0 Å². The minimum absolute atomic E-state index is 0.0924. The Balaban J connectivity index is 1.76. The zero-order chi connectivity index (χ0) is 18.7. The third kappa shape index (κ3) is 4.12. The van der Waals surface area contributed by atoms with Gasteiger partial charge in [0.1, 0.15) is 11.6 Å². The summed E-state index contributed by atoms with van der Waals surface area (Å²) in [5.41, 5.74) is 1.49. The highest BCUT2D eigenvalue weighted by atomic mass is 35.5. The molecule has 0 fully saturated rings. The fourth-order valence-electron chi connectivity index (χ4n) is 2.23. The molecular formula is C18H15ClFN3O2S. The van der Waals surface area contributed by atoms with Gasteiger partial charge in [-0.05, 0) is 55.0 Å². The van der Waals surface area contributed by atoms with Crippen LogP contribution in [-0.4, -0.2) is 13.4 Å². The summed E-state index contributed by atoms with van der Waals surface area (Å²) < 4.78 is 40.9. The number of aromatic nitrogens is 1. The number of anilines is 3. The number of para-hydroxylation sites is 1. The van der Waals surface area contributed by atoms with Gasteiger partial charge in [-0.3, -0.25) is 4.72 Å². The maximum absolute atomic E-state index is 13.6. The van der Waals surface area contributed by atoms with Gasteiger partial charge in [-0.25, -0.2) is 17.8 Å². The van der Waals surface area contributed by atoms with Gasteiger partial charge in [0.2, 0.25) is 0 Å². The average molecular weight is 392 g/mol. The van der Waals surface area contributed by atoms with Gasteiger partial charge < -0.3 is 5.32 Å². The Morgan fingerprint density at radius 2 is 1.85 bits per heavy atom. The number of hydrogen-bond donors (Lipinski definition) is 2. The molecule has 134 valence electrons. The lowest BCUT2D eigenvalue weighted by atomic mass is 10.2. The molecule has 8 heteroatoms. The Bertz CT molecular complexity index is 1040. The van der Waals surface area contributed by atoms with Gasteiger partial charge in [0.25, 0.3) is 10.0 Å². The fourth-order valence-corrected chi connectivity index (χ4v) is 3.44. The van der Waals surface area contributed by atoms with Crippen LogP contribution in [0.1, 0.15) is 5.56 Å². The third-order valence-electron chi connectivity index (χ3n) is 3.59. The number of pyridine rings is 1. The van der Waals surface area contributed by atoms with E-state index in [1.807, 2.05) is 0 Å². The first-order valence-electron chi connectivity index (χ1n) is 7.62. The van der Waals surface area contributed by atoms with E-state index in [0.29, 0.717) is 22.0 Å². The number of halogens is 2. The quantitative estimate of drug-likeness (QED) is 0.659. The predicted molar refractivity (Wildman–Crippen MR) is 101 cm³/mol. The van der Waals surface area contributed by atoms with E-state index >= 15 is 0 Å². The lowest BCUT2D eigenvalue weighted by molar-refractivity contribution is 0.601. The van der Waals surface area contributed by atoms with Crippen LogP contribution in [-0.2, 0) is 10.0 Å². The molecular weight excluding hydrogens is 377 g/mol. The molecule has 1 aromatic heterocycles. The van der Waals surface area contributed by atoms with E-state index in [2.05, 4.69) is 15.0 Å². The largest absolute Gasteiger partial charge is 0.352 e. The minimum Gasteiger partial charge on any atom is -0.352 e. The molecule has 0 bridgehead atoms. The smallest absolute Gasteiger partial charge is 0.263 e. The Labute approximate surface area is 155 Å². The lowest BCUT2D eigenvalue weighted by Gasteiger charge is -2.10. The van der Waals surface area contributed by atoms with Crippen molar-refractivity contribution in [1.82, 2.24) is 4.98 Å². The Morgan fingerprint density at radius 3 is 2.50 bits per heavy atom. The van der Waals surface area contributed by atoms with Crippen molar-refractivity contribution in [2.24, 2.45) is 0 Å². The van der Waals surface area contributed by atoms with Crippen molar-refractivity contribution >= 4 is 38.8 Å². The zero-order valence-electron chi connectivity index (χ0n) is 13.7. The average Bonchev–Trinajstić information content (AvgIpc) is 2.60. The first kappa shape index (κ1) is 18.2. The van der Waals surface area contributed by atoms with E-state index in [1.54, 1.807) is 31.2 Å². The second-order valence-electron chi connectivity index (χ2n) is 5.55. The number of hydrogen-bond acceptors (Lipinski definition) is 4. The van der Waals surface area contributed by atoms with Crippen LogP contribution in [0.25, 0.3) is 0 Å². The van der Waals surface area contributed by atoms with Crippen molar-refractivity contribution < 1.29 is 12.8 Å². The molecule has 0 amide bonds. The van der Waals surface area contributed by atoms with E-state index in [1.165, 1.54) is 36.5 Å². The SMILES string of the molecule is Cc1cc(S(=O)(=O)Nc2ccc(Nc3ccccc3F)cn2)ccc1Cl. The highest BCUT2D eigenvalue weighted by Gasteiger charge is 2.15. The van der Waals surface area contributed by atoms with Gasteiger partial charge in [0, 0.05) is 5.02 Å². The molecule has 0 spiro atoms. The van der Waals surface area contributed by atoms with Crippen molar-refractivity contribution in [3.05, 3.63) is 77.2 Å². The molecule has 3 rings (SSSR count). The summed E-state index contributed by atoms with van der Waals surface area (Å²) >= 11 is 5.92. The molecule has 0 saturated carbocycles. The van der Waals surface area contributed by atoms with Crippen LogP contribution >= 0.6 is 11.6 Å². The molecule has 5 nitrogen and oxygen atoms in total. The van der Waals surface area contributed by atoms with Crippen molar-refractivity contribution in [2.45, 2.75) is 11.8 Å². The van der Waals surface area contributed by atoms with Crippen LogP contribution in [0.3, 0.4) is 0 Å². The second-order valence-corrected chi connectivity index (χ2v) is 7.64. The summed E-state index contributed by atoms with van der Waals surface area (Å²) in [6, 6.07) is 13.8. The van der Waals surface area contributed by atoms with Gasteiger partial charge in [-0.1, -0.05) is 23.7 Å². The van der Waals surface area contributed by atoms with Crippen molar-refractivity contribution in [3.8, 4) is 0 Å². The van der Waals surface area contributed by atoms with Crippen molar-refractivity contribution in [1.29, 1.82) is 0 Å². The number of nitrogens with zero attached hydrogens (tertiary/aromatic N) is 1. The summed E-state index contributed by atoms with van der Waals surface area (Å²) in [5, 5.41) is 3.37. The van der Waals surface area contributed by atoms with Crippen LogP contribution in [0.5, 0.6) is 0 Å². The molecule has 2 N–H and O–H groups in total. The number of sulfonamides is 1. The molecule has 0 radical (unpaired) electrons. The third-order valence-corrected chi connectivity index (χ3v) is 5.37. The van der Waals surface area contributed by atoms with Gasteiger partial charge in [0.15, 0.2) is 0 Å². The Hall–Kier alpha value is -2.64. The molecule has 0 atom stereocenters. The van der Waals surface area contributed by atoms with Crippen LogP contribution in [0.15, 0.2) is 65.7 Å². The number of benzene rings is 2. The summed E-state index contributed by atoms with van der Waals surface area (Å²) in [4.78, 5) is 4.15. The number of aryl methyl sites for hydroxylation is 1. The maximum Gasteiger partial charge on any atom is 0.263 e. The van der Waals surface area contributed by atoms with Crippen LogP contribution in [0.2, 0.25) is 5.02 Å². The van der Waals surface area contributed by atoms with E-state index in [4.69, 9.17) is 11.6 Å². The molecule has 0 aliphatic heterocycles. The van der Waals surface area contributed by atoms with E-state index in [-0.39, 0.29) is 10.7 Å². The highest BCUT2D eigenvalue weighted by molar-refractivity contribution is 7.92.